The van der Waals surface area contributed by atoms with Crippen LogP contribution in [0.3, 0.4) is 0 Å². The molecule has 0 spiro atoms. The van der Waals surface area contributed by atoms with Gasteiger partial charge in [0.15, 0.2) is 0 Å². The minimum atomic E-state index is 0.511. The van der Waals surface area contributed by atoms with E-state index >= 15 is 0 Å². The predicted molar refractivity (Wildman–Crippen MR) is 86.7 cm³/mol. The van der Waals surface area contributed by atoms with Gasteiger partial charge >= 0.3 is 0 Å². The fourth-order valence-corrected chi connectivity index (χ4v) is 2.90. The van der Waals surface area contributed by atoms with Crippen LogP contribution in [0.25, 0.3) is 0 Å². The van der Waals surface area contributed by atoms with Gasteiger partial charge in [0.2, 0.25) is 0 Å². The summed E-state index contributed by atoms with van der Waals surface area (Å²) in [4.78, 5) is 0. The van der Waals surface area contributed by atoms with Crippen molar-refractivity contribution in [2.75, 3.05) is 0 Å². The van der Waals surface area contributed by atoms with Gasteiger partial charge in [-0.25, -0.2) is 0 Å². The molecule has 0 saturated heterocycles. The molecule has 2 aromatic rings. The molecule has 0 aliphatic rings. The van der Waals surface area contributed by atoms with Crippen LogP contribution in [0.15, 0.2) is 12.4 Å². The van der Waals surface area contributed by atoms with E-state index in [9.17, 15) is 0 Å². The van der Waals surface area contributed by atoms with Gasteiger partial charge in [0, 0.05) is 25.0 Å². The van der Waals surface area contributed by atoms with E-state index in [1.807, 2.05) is 10.9 Å². The third-order valence-corrected chi connectivity index (χ3v) is 4.38. The van der Waals surface area contributed by atoms with Crippen LogP contribution in [0, 0.1) is 13.8 Å². The zero-order chi connectivity index (χ0) is 15.6. The van der Waals surface area contributed by atoms with Crippen molar-refractivity contribution in [3.05, 3.63) is 34.9 Å². The highest BCUT2D eigenvalue weighted by Gasteiger charge is 2.14. The highest BCUT2D eigenvalue weighted by atomic mass is 15.3. The summed E-state index contributed by atoms with van der Waals surface area (Å²) in [5.41, 5.74) is 5.19. The van der Waals surface area contributed by atoms with Gasteiger partial charge in [0.05, 0.1) is 11.9 Å². The number of hydrogen-bond donors (Lipinski definition) is 0. The van der Waals surface area contributed by atoms with Crippen molar-refractivity contribution < 1.29 is 0 Å². The second-order valence-electron chi connectivity index (χ2n) is 6.28. The zero-order valence-corrected chi connectivity index (χ0v) is 14.2. The van der Waals surface area contributed by atoms with Crippen LogP contribution in [0.2, 0.25) is 0 Å². The molecule has 0 N–H and O–H groups in total. The summed E-state index contributed by atoms with van der Waals surface area (Å²) in [5, 5.41) is 9.09. The number of aromatic nitrogens is 4. The lowest BCUT2D eigenvalue weighted by Gasteiger charge is -2.12. The van der Waals surface area contributed by atoms with Crippen molar-refractivity contribution in [3.8, 4) is 0 Å². The van der Waals surface area contributed by atoms with Crippen LogP contribution in [0.1, 0.15) is 68.5 Å². The van der Waals surface area contributed by atoms with Gasteiger partial charge in [-0.1, -0.05) is 20.8 Å². The fraction of sp³-hybridized carbons (Fsp3) is 0.647. The van der Waals surface area contributed by atoms with E-state index < -0.39 is 0 Å². The monoisotopic (exact) mass is 288 g/mol. The van der Waals surface area contributed by atoms with E-state index in [-0.39, 0.29) is 0 Å². The van der Waals surface area contributed by atoms with E-state index in [4.69, 9.17) is 0 Å². The van der Waals surface area contributed by atoms with Crippen molar-refractivity contribution >= 4 is 0 Å². The lowest BCUT2D eigenvalue weighted by molar-refractivity contribution is 0.521. The summed E-state index contributed by atoms with van der Waals surface area (Å²) in [6, 6.07) is 0. The van der Waals surface area contributed by atoms with Crippen molar-refractivity contribution in [2.45, 2.75) is 72.9 Å². The molecule has 0 aliphatic heterocycles. The Balaban J connectivity index is 2.04. The molecule has 2 rings (SSSR count). The van der Waals surface area contributed by atoms with E-state index in [1.54, 1.807) is 0 Å². The molecule has 1 atom stereocenters. The molecule has 0 saturated carbocycles. The first kappa shape index (κ1) is 15.8. The van der Waals surface area contributed by atoms with Crippen LogP contribution in [-0.4, -0.2) is 19.6 Å². The van der Waals surface area contributed by atoms with Crippen LogP contribution in [-0.2, 0) is 13.1 Å². The van der Waals surface area contributed by atoms with Crippen molar-refractivity contribution in [1.29, 1.82) is 0 Å². The maximum atomic E-state index is 4.54. The Kier molecular flexibility index (Phi) is 4.86. The van der Waals surface area contributed by atoms with E-state index in [0.29, 0.717) is 11.8 Å². The lowest BCUT2D eigenvalue weighted by Crippen LogP contribution is -2.07. The van der Waals surface area contributed by atoms with Gasteiger partial charge in [-0.2, -0.15) is 10.2 Å². The van der Waals surface area contributed by atoms with E-state index in [1.165, 1.54) is 16.8 Å². The highest BCUT2D eigenvalue weighted by molar-refractivity contribution is 5.21. The molecule has 0 aromatic carbocycles. The number of hydrogen-bond acceptors (Lipinski definition) is 2. The van der Waals surface area contributed by atoms with Crippen LogP contribution < -0.4 is 0 Å². The summed E-state index contributed by atoms with van der Waals surface area (Å²) in [6.07, 6.45) is 5.30. The van der Waals surface area contributed by atoms with Crippen molar-refractivity contribution in [1.82, 2.24) is 19.6 Å². The molecule has 21 heavy (non-hydrogen) atoms. The second kappa shape index (κ2) is 6.46. The fourth-order valence-electron chi connectivity index (χ4n) is 2.90. The normalized spacial score (nSPS) is 13.1. The van der Waals surface area contributed by atoms with Gasteiger partial charge in [0.25, 0.3) is 0 Å². The zero-order valence-electron chi connectivity index (χ0n) is 14.2. The largest absolute Gasteiger partial charge is 0.272 e. The minimum Gasteiger partial charge on any atom is -0.272 e. The number of nitrogens with zero attached hydrogens (tertiary/aromatic N) is 4. The maximum absolute atomic E-state index is 4.54. The standard InChI is InChI=1S/C17H28N4/c1-7-20-11-17(14(5)19-20)13(4)8-9-21-15(6)16(10-18-21)12(2)3/h10-13H,7-9H2,1-6H3. The van der Waals surface area contributed by atoms with Crippen LogP contribution in [0.4, 0.5) is 0 Å². The molecule has 0 bridgehead atoms. The Morgan fingerprint density at radius 1 is 1.14 bits per heavy atom. The Hall–Kier alpha value is -1.58. The molecule has 2 heterocycles. The summed E-state index contributed by atoms with van der Waals surface area (Å²) in [7, 11) is 0. The first-order valence-corrected chi connectivity index (χ1v) is 8.00. The summed E-state index contributed by atoms with van der Waals surface area (Å²) >= 11 is 0. The Labute approximate surface area is 128 Å². The molecule has 0 amide bonds. The third-order valence-electron chi connectivity index (χ3n) is 4.38. The highest BCUT2D eigenvalue weighted by Crippen LogP contribution is 2.24. The topological polar surface area (TPSA) is 35.6 Å². The predicted octanol–water partition coefficient (Wildman–Crippen LogP) is 4.03. The third kappa shape index (κ3) is 3.36. The molecular weight excluding hydrogens is 260 g/mol. The first-order chi connectivity index (χ1) is 9.93. The molecule has 116 valence electrons. The Morgan fingerprint density at radius 3 is 2.38 bits per heavy atom. The molecule has 0 radical (unpaired) electrons. The average molecular weight is 288 g/mol. The number of rotatable bonds is 6. The SMILES string of the molecule is CCn1cc(C(C)CCn2ncc(C(C)C)c2C)c(C)n1. The summed E-state index contributed by atoms with van der Waals surface area (Å²) in [6.45, 7) is 15.0. The maximum Gasteiger partial charge on any atom is 0.0628 e. The lowest BCUT2D eigenvalue weighted by atomic mass is 9.98. The molecule has 0 aliphatic carbocycles. The van der Waals surface area contributed by atoms with Gasteiger partial charge < -0.3 is 0 Å². The molecule has 1 unspecified atom stereocenters. The minimum absolute atomic E-state index is 0.511. The smallest absolute Gasteiger partial charge is 0.0628 e. The summed E-state index contributed by atoms with van der Waals surface area (Å²) in [5.74, 6) is 1.05. The second-order valence-corrected chi connectivity index (χ2v) is 6.28. The summed E-state index contributed by atoms with van der Waals surface area (Å²) < 4.78 is 4.17. The van der Waals surface area contributed by atoms with Crippen molar-refractivity contribution in [3.63, 3.8) is 0 Å². The quantitative estimate of drug-likeness (QED) is 0.804. The average Bonchev–Trinajstić information content (AvgIpc) is 2.99. The molecule has 2 aromatic heterocycles. The molecule has 4 nitrogen and oxygen atoms in total. The Bertz CT molecular complexity index is 592. The molecule has 0 fully saturated rings. The van der Waals surface area contributed by atoms with Crippen molar-refractivity contribution in [2.24, 2.45) is 0 Å². The van der Waals surface area contributed by atoms with Gasteiger partial charge in [-0.05, 0) is 50.2 Å². The van der Waals surface area contributed by atoms with Gasteiger partial charge in [0.1, 0.15) is 0 Å². The molecule has 4 heteroatoms. The van der Waals surface area contributed by atoms with E-state index in [0.717, 1.165) is 25.2 Å². The van der Waals surface area contributed by atoms with E-state index in [2.05, 4.69) is 62.6 Å². The first-order valence-electron chi connectivity index (χ1n) is 8.00. The van der Waals surface area contributed by atoms with Crippen LogP contribution in [0.5, 0.6) is 0 Å². The van der Waals surface area contributed by atoms with Gasteiger partial charge in [-0.3, -0.25) is 9.36 Å². The number of aryl methyl sites for hydroxylation is 3. The Morgan fingerprint density at radius 2 is 1.86 bits per heavy atom. The van der Waals surface area contributed by atoms with Crippen LogP contribution >= 0.6 is 0 Å². The van der Waals surface area contributed by atoms with Gasteiger partial charge in [-0.15, -0.1) is 0 Å². The molecular formula is C17H28N4.